The number of aromatic nitrogens is 5. The number of benzene rings is 1. The Bertz CT molecular complexity index is 1690. The molecule has 15 heteroatoms. The molecule has 0 bridgehead atoms. The van der Waals surface area contributed by atoms with Crippen LogP contribution in [0.3, 0.4) is 0 Å². The minimum atomic E-state index is -4.04. The number of nitrogens with one attached hydrogen (secondary N) is 1. The van der Waals surface area contributed by atoms with Gasteiger partial charge in [0.05, 0.1) is 28.5 Å². The van der Waals surface area contributed by atoms with Crippen molar-refractivity contribution in [3.05, 3.63) is 29.5 Å². The van der Waals surface area contributed by atoms with Crippen LogP contribution in [0.25, 0.3) is 27.1 Å². The maximum absolute atomic E-state index is 13.4. The standard InChI is InChI=1S/C23H22F2N8O3S2/c1-32(9-13-4-7-36-10-13)19-17-15-3-2-14(38(34,35)31-23(11-26)5-6-23)8-16(15)33(20(17)28-12-27-19)22-30-29-21(37-22)18(24)25/h2-3,8,12-13,18,31H,4-7,9-10H2,1H3/t13-/m0/s1. The average molecular weight is 561 g/mol. The van der Waals surface area contributed by atoms with Gasteiger partial charge in [0.25, 0.3) is 6.43 Å². The molecule has 1 aromatic carbocycles. The number of fused-ring (bicyclic) bond motifs is 3. The summed E-state index contributed by atoms with van der Waals surface area (Å²) in [6, 6.07) is 6.55. The van der Waals surface area contributed by atoms with E-state index in [0.717, 1.165) is 6.42 Å². The van der Waals surface area contributed by atoms with E-state index >= 15 is 0 Å². The molecule has 11 nitrogen and oxygen atoms in total. The van der Waals surface area contributed by atoms with Crippen molar-refractivity contribution in [2.24, 2.45) is 5.92 Å². The molecule has 3 aromatic heterocycles. The van der Waals surface area contributed by atoms with Crippen molar-refractivity contribution < 1.29 is 21.9 Å². The van der Waals surface area contributed by atoms with Crippen LogP contribution in [0.1, 0.15) is 30.7 Å². The summed E-state index contributed by atoms with van der Waals surface area (Å²) in [6.45, 7) is 2.04. The summed E-state index contributed by atoms with van der Waals surface area (Å²) >= 11 is 0.698. The molecule has 38 heavy (non-hydrogen) atoms. The summed E-state index contributed by atoms with van der Waals surface area (Å²) < 4.78 is 62.6. The second-order valence-electron chi connectivity index (χ2n) is 9.54. The van der Waals surface area contributed by atoms with Crippen LogP contribution in [-0.4, -0.2) is 65.5 Å². The number of ether oxygens (including phenoxy) is 1. The third-order valence-electron chi connectivity index (χ3n) is 6.83. The number of nitriles is 1. The third-order valence-corrected chi connectivity index (χ3v) is 9.28. The van der Waals surface area contributed by atoms with Crippen molar-refractivity contribution in [1.29, 1.82) is 5.26 Å². The van der Waals surface area contributed by atoms with Gasteiger partial charge in [-0.15, -0.1) is 10.2 Å². The first-order chi connectivity index (χ1) is 18.2. The Balaban J connectivity index is 1.54. The molecule has 4 heterocycles. The van der Waals surface area contributed by atoms with Crippen LogP contribution < -0.4 is 9.62 Å². The van der Waals surface area contributed by atoms with Crippen LogP contribution in [0.2, 0.25) is 0 Å². The summed E-state index contributed by atoms with van der Waals surface area (Å²) in [6.07, 6.45) is 0.375. The number of rotatable bonds is 8. The van der Waals surface area contributed by atoms with Gasteiger partial charge in [-0.2, -0.15) is 9.98 Å². The molecule has 0 spiro atoms. The molecular weight excluding hydrogens is 538 g/mol. The van der Waals surface area contributed by atoms with Crippen LogP contribution in [0.15, 0.2) is 29.4 Å². The number of anilines is 1. The van der Waals surface area contributed by atoms with Crippen molar-refractivity contribution >= 4 is 49.1 Å². The normalized spacial score (nSPS) is 18.9. The lowest BCUT2D eigenvalue weighted by molar-refractivity contribution is 0.150. The SMILES string of the molecule is CN(C[C@@H]1CCOC1)c1ncnc2c1c1ccc(S(=O)(=O)NC3(C#N)CC3)cc1n2-c1nnc(C(F)F)s1. The largest absolute Gasteiger partial charge is 0.381 e. The molecule has 0 radical (unpaired) electrons. The van der Waals surface area contributed by atoms with E-state index in [4.69, 9.17) is 4.74 Å². The Labute approximate surface area is 220 Å². The molecule has 1 aliphatic carbocycles. The van der Waals surface area contributed by atoms with Gasteiger partial charge in [-0.25, -0.2) is 27.2 Å². The van der Waals surface area contributed by atoms with E-state index in [1.54, 1.807) is 6.07 Å². The Hall–Kier alpha value is -3.32. The highest BCUT2D eigenvalue weighted by molar-refractivity contribution is 7.89. The predicted octanol–water partition coefficient (Wildman–Crippen LogP) is 3.17. The van der Waals surface area contributed by atoms with Gasteiger partial charge >= 0.3 is 0 Å². The summed E-state index contributed by atoms with van der Waals surface area (Å²) in [5.41, 5.74) is -0.326. The zero-order valence-electron chi connectivity index (χ0n) is 20.1. The van der Waals surface area contributed by atoms with Gasteiger partial charge in [0.2, 0.25) is 15.2 Å². The first-order valence-corrected chi connectivity index (χ1v) is 14.2. The molecule has 1 saturated heterocycles. The average Bonchev–Trinajstić information content (AvgIpc) is 3.26. The maximum atomic E-state index is 13.4. The van der Waals surface area contributed by atoms with E-state index < -0.39 is 27.0 Å². The van der Waals surface area contributed by atoms with E-state index in [1.807, 2.05) is 18.0 Å². The fourth-order valence-corrected chi connectivity index (χ4v) is 6.85. The van der Waals surface area contributed by atoms with Crippen LogP contribution in [0, 0.1) is 17.2 Å². The second-order valence-corrected chi connectivity index (χ2v) is 12.2. The lowest BCUT2D eigenvalue weighted by atomic mass is 10.1. The fourth-order valence-electron chi connectivity index (χ4n) is 4.73. The van der Waals surface area contributed by atoms with Crippen molar-refractivity contribution in [1.82, 2.24) is 29.5 Å². The van der Waals surface area contributed by atoms with Gasteiger partial charge in [0.1, 0.15) is 17.7 Å². The maximum Gasteiger partial charge on any atom is 0.291 e. The number of hydrogen-bond acceptors (Lipinski definition) is 10. The minimum Gasteiger partial charge on any atom is -0.381 e. The van der Waals surface area contributed by atoms with Crippen molar-refractivity contribution in [3.8, 4) is 11.2 Å². The molecule has 1 saturated carbocycles. The van der Waals surface area contributed by atoms with Gasteiger partial charge < -0.3 is 9.64 Å². The van der Waals surface area contributed by atoms with E-state index in [0.29, 0.717) is 77.6 Å². The van der Waals surface area contributed by atoms with Gasteiger partial charge in [0.15, 0.2) is 10.7 Å². The lowest BCUT2D eigenvalue weighted by Gasteiger charge is -2.22. The zero-order chi connectivity index (χ0) is 26.7. The smallest absolute Gasteiger partial charge is 0.291 e. The van der Waals surface area contributed by atoms with Crippen molar-refractivity contribution in [2.75, 3.05) is 31.7 Å². The summed E-state index contributed by atoms with van der Waals surface area (Å²) in [5, 5.41) is 17.9. The molecule has 6 rings (SSSR count). The first-order valence-electron chi connectivity index (χ1n) is 11.9. The molecule has 1 atom stereocenters. The van der Waals surface area contributed by atoms with Crippen LogP contribution in [0.5, 0.6) is 0 Å². The van der Waals surface area contributed by atoms with Gasteiger partial charge in [-0.1, -0.05) is 17.4 Å². The Morgan fingerprint density at radius 2 is 2.16 bits per heavy atom. The summed E-state index contributed by atoms with van der Waals surface area (Å²) in [4.78, 5) is 10.9. The lowest BCUT2D eigenvalue weighted by Crippen LogP contribution is -2.35. The first kappa shape index (κ1) is 25.0. The van der Waals surface area contributed by atoms with Crippen molar-refractivity contribution in [3.63, 3.8) is 0 Å². The fraction of sp³-hybridized carbons (Fsp3) is 0.435. The van der Waals surface area contributed by atoms with Crippen LogP contribution in [0.4, 0.5) is 14.6 Å². The molecule has 198 valence electrons. The summed E-state index contributed by atoms with van der Waals surface area (Å²) in [7, 11) is -2.14. The van der Waals surface area contributed by atoms with E-state index in [9.17, 15) is 22.5 Å². The molecule has 1 N–H and O–H groups in total. The van der Waals surface area contributed by atoms with Gasteiger partial charge in [0, 0.05) is 31.5 Å². The van der Waals surface area contributed by atoms with Crippen LogP contribution >= 0.6 is 11.3 Å². The van der Waals surface area contributed by atoms with E-state index in [-0.39, 0.29) is 10.0 Å². The van der Waals surface area contributed by atoms with Gasteiger partial charge in [-0.3, -0.25) is 4.57 Å². The number of halogens is 2. The van der Waals surface area contributed by atoms with E-state index in [2.05, 4.69) is 24.9 Å². The topological polar surface area (TPSA) is 139 Å². The molecular formula is C23H22F2N8O3S2. The molecule has 1 aliphatic heterocycles. The predicted molar refractivity (Wildman–Crippen MR) is 135 cm³/mol. The minimum absolute atomic E-state index is 0.0693. The van der Waals surface area contributed by atoms with Gasteiger partial charge in [-0.05, 0) is 31.4 Å². The highest BCUT2D eigenvalue weighted by atomic mass is 32.2. The Kier molecular flexibility index (Phi) is 6.02. The quantitative estimate of drug-likeness (QED) is 0.344. The number of sulfonamides is 1. The zero-order valence-corrected chi connectivity index (χ0v) is 21.8. The van der Waals surface area contributed by atoms with Crippen LogP contribution in [-0.2, 0) is 14.8 Å². The molecule has 2 fully saturated rings. The number of hydrogen-bond donors (Lipinski definition) is 1. The van der Waals surface area contributed by atoms with E-state index in [1.165, 1.54) is 23.0 Å². The molecule has 0 amide bonds. The highest BCUT2D eigenvalue weighted by Crippen LogP contribution is 2.39. The number of nitrogens with zero attached hydrogens (tertiary/aromatic N) is 7. The Morgan fingerprint density at radius 1 is 1.34 bits per heavy atom. The Morgan fingerprint density at radius 3 is 2.82 bits per heavy atom. The second kappa shape index (κ2) is 9.16. The number of alkyl halides is 2. The third kappa shape index (κ3) is 4.27. The molecule has 2 aliphatic rings. The molecule has 0 unspecified atom stereocenters. The molecule has 4 aromatic rings. The monoisotopic (exact) mass is 560 g/mol. The summed E-state index contributed by atoms with van der Waals surface area (Å²) in [5.74, 6) is 0.937. The highest BCUT2D eigenvalue weighted by Gasteiger charge is 2.46. The van der Waals surface area contributed by atoms with Crippen molar-refractivity contribution in [2.45, 2.75) is 36.1 Å².